The van der Waals surface area contributed by atoms with E-state index in [9.17, 15) is 18.0 Å². The number of sulfone groups is 1. The minimum atomic E-state index is -3.75. The van der Waals surface area contributed by atoms with E-state index in [1.54, 1.807) is 43.9 Å². The summed E-state index contributed by atoms with van der Waals surface area (Å²) in [6.45, 7) is 5.51. The van der Waals surface area contributed by atoms with Crippen LogP contribution in [0.4, 0.5) is 16.4 Å². The monoisotopic (exact) mass is 426 g/mol. The number of nitrogens with one attached hydrogen (secondary N) is 1. The maximum atomic E-state index is 13.0. The Kier molecular flexibility index (Phi) is 6.46. The average Bonchev–Trinajstić information content (AvgIpc) is 2.59. The largest absolute Gasteiger partial charge is 0.444 e. The fourth-order valence-corrected chi connectivity index (χ4v) is 4.43. The summed E-state index contributed by atoms with van der Waals surface area (Å²) in [5.41, 5.74) is -0.650. The van der Waals surface area contributed by atoms with Crippen molar-refractivity contribution in [2.24, 2.45) is 0 Å². The Balaban J connectivity index is 2.19. The first-order valence-corrected chi connectivity index (χ1v) is 11.3. The highest BCUT2D eigenvalue weighted by Crippen LogP contribution is 2.32. The summed E-state index contributed by atoms with van der Waals surface area (Å²) in [6.07, 6.45) is 0.522. The van der Waals surface area contributed by atoms with Gasteiger partial charge in [0.2, 0.25) is 5.91 Å². The summed E-state index contributed by atoms with van der Waals surface area (Å²) >= 11 is 0. The number of nitrogens with zero attached hydrogens (tertiary/aromatic N) is 3. The van der Waals surface area contributed by atoms with Gasteiger partial charge in [-0.3, -0.25) is 4.79 Å². The predicted molar refractivity (Wildman–Crippen MR) is 112 cm³/mol. The van der Waals surface area contributed by atoms with Crippen LogP contribution in [0.5, 0.6) is 0 Å². The van der Waals surface area contributed by atoms with Gasteiger partial charge in [-0.05, 0) is 45.7 Å². The zero-order valence-corrected chi connectivity index (χ0v) is 18.7. The van der Waals surface area contributed by atoms with Crippen LogP contribution in [0.1, 0.15) is 33.6 Å². The van der Waals surface area contributed by atoms with Gasteiger partial charge in [-0.25, -0.2) is 18.2 Å². The lowest BCUT2D eigenvalue weighted by Crippen LogP contribution is -2.57. The van der Waals surface area contributed by atoms with E-state index in [0.29, 0.717) is 5.82 Å². The van der Waals surface area contributed by atoms with E-state index in [1.165, 1.54) is 4.90 Å². The first-order valence-electron chi connectivity index (χ1n) is 9.38. The molecule has 0 unspecified atom stereocenters. The molecule has 2 amide bonds. The second kappa shape index (κ2) is 8.17. The molecule has 1 aliphatic rings. The third kappa shape index (κ3) is 5.37. The number of carbonyl (C=O) groups excluding carboxylic acids is 2. The molecule has 10 heteroatoms. The molecule has 162 valence electrons. The van der Waals surface area contributed by atoms with Gasteiger partial charge < -0.3 is 19.9 Å². The molecule has 1 fully saturated rings. The molecule has 0 aromatic carbocycles. The molecule has 1 aromatic rings. The molecular formula is C19H30N4O5S. The maximum absolute atomic E-state index is 13.0. The van der Waals surface area contributed by atoms with E-state index >= 15 is 0 Å². The number of anilines is 2. The van der Waals surface area contributed by atoms with E-state index in [1.807, 2.05) is 14.1 Å². The van der Waals surface area contributed by atoms with Crippen LogP contribution < -0.4 is 10.2 Å². The van der Waals surface area contributed by atoms with Gasteiger partial charge in [-0.1, -0.05) is 6.07 Å². The lowest BCUT2D eigenvalue weighted by atomic mass is 9.94. The Morgan fingerprint density at radius 3 is 2.28 bits per heavy atom. The van der Waals surface area contributed by atoms with Gasteiger partial charge in [-0.15, -0.1) is 0 Å². The van der Waals surface area contributed by atoms with E-state index in [0.717, 1.165) is 6.26 Å². The Hall–Kier alpha value is -2.36. The molecule has 0 atom stereocenters. The minimum Gasteiger partial charge on any atom is -0.444 e. The third-order valence-corrected chi connectivity index (χ3v) is 6.79. The van der Waals surface area contributed by atoms with Crippen molar-refractivity contribution in [1.29, 1.82) is 0 Å². The van der Waals surface area contributed by atoms with Gasteiger partial charge in [0.1, 0.15) is 17.2 Å². The van der Waals surface area contributed by atoms with Gasteiger partial charge >= 0.3 is 6.09 Å². The lowest BCUT2D eigenvalue weighted by molar-refractivity contribution is -0.119. The number of likely N-dealkylation sites (tertiary alicyclic amines) is 1. The van der Waals surface area contributed by atoms with Gasteiger partial charge in [-0.2, -0.15) is 0 Å². The number of hydrogen-bond donors (Lipinski definition) is 1. The van der Waals surface area contributed by atoms with Crippen molar-refractivity contribution >= 4 is 33.5 Å². The zero-order valence-electron chi connectivity index (χ0n) is 17.9. The number of amides is 2. The van der Waals surface area contributed by atoms with E-state index in [2.05, 4.69) is 10.3 Å². The van der Waals surface area contributed by atoms with Gasteiger partial charge in [0, 0.05) is 33.4 Å². The smallest absolute Gasteiger partial charge is 0.410 e. The number of aromatic nitrogens is 1. The van der Waals surface area contributed by atoms with Crippen LogP contribution in [0.3, 0.4) is 0 Å². The SMILES string of the molecule is CN(C)c1cccc(NC(=O)C2(S(C)(=O)=O)CCN(C(=O)OC(C)(C)C)CC2)n1. The Labute approximate surface area is 172 Å². The first kappa shape index (κ1) is 22.9. The predicted octanol–water partition coefficient (Wildman–Crippen LogP) is 1.90. The van der Waals surface area contributed by atoms with Crippen LogP contribution in [-0.2, 0) is 19.4 Å². The van der Waals surface area contributed by atoms with E-state index < -0.39 is 32.2 Å². The van der Waals surface area contributed by atoms with Crippen molar-refractivity contribution in [2.75, 3.05) is 43.7 Å². The summed E-state index contributed by atoms with van der Waals surface area (Å²) in [5.74, 6) is 0.280. The van der Waals surface area contributed by atoms with Crippen molar-refractivity contribution in [2.45, 2.75) is 44.0 Å². The van der Waals surface area contributed by atoms with Crippen LogP contribution in [-0.4, -0.2) is 74.1 Å². The van der Waals surface area contributed by atoms with Crippen molar-refractivity contribution < 1.29 is 22.7 Å². The summed E-state index contributed by atoms with van der Waals surface area (Å²) in [7, 11) is -0.111. The average molecular weight is 427 g/mol. The Morgan fingerprint density at radius 2 is 1.79 bits per heavy atom. The van der Waals surface area contributed by atoms with Gasteiger partial charge in [0.15, 0.2) is 14.6 Å². The fourth-order valence-electron chi connectivity index (χ4n) is 3.12. The van der Waals surface area contributed by atoms with Crippen molar-refractivity contribution in [3.63, 3.8) is 0 Å². The second-order valence-electron chi connectivity index (χ2n) is 8.46. The molecule has 0 spiro atoms. The highest BCUT2D eigenvalue weighted by molar-refractivity contribution is 7.92. The molecule has 0 aliphatic carbocycles. The molecule has 1 N–H and O–H groups in total. The summed E-state index contributed by atoms with van der Waals surface area (Å²) in [5, 5.41) is 2.65. The Bertz CT molecular complexity index is 869. The van der Waals surface area contributed by atoms with Crippen LogP contribution in [0.2, 0.25) is 0 Å². The zero-order chi connectivity index (χ0) is 22.0. The number of rotatable bonds is 4. The van der Waals surface area contributed by atoms with Crippen molar-refractivity contribution in [1.82, 2.24) is 9.88 Å². The molecule has 2 rings (SSSR count). The highest BCUT2D eigenvalue weighted by atomic mass is 32.2. The molecule has 2 heterocycles. The second-order valence-corrected chi connectivity index (χ2v) is 10.8. The van der Waals surface area contributed by atoms with Crippen LogP contribution in [0.15, 0.2) is 18.2 Å². The van der Waals surface area contributed by atoms with Gasteiger partial charge in [0.25, 0.3) is 0 Å². The first-order chi connectivity index (χ1) is 13.2. The topological polar surface area (TPSA) is 109 Å². The minimum absolute atomic E-state index is 0.00964. The summed E-state index contributed by atoms with van der Waals surface area (Å²) in [4.78, 5) is 32.9. The lowest BCUT2D eigenvalue weighted by Gasteiger charge is -2.39. The maximum Gasteiger partial charge on any atom is 0.410 e. The molecule has 0 saturated carbocycles. The highest BCUT2D eigenvalue weighted by Gasteiger charge is 2.51. The standard InChI is InChI=1S/C19H30N4O5S/c1-18(2,3)28-17(25)23-12-10-19(11-13-23,29(6,26)27)16(24)21-14-8-7-9-15(20-14)22(4)5/h7-9H,10-13H2,1-6H3,(H,20,21,24). The van der Waals surface area contributed by atoms with E-state index in [4.69, 9.17) is 4.74 Å². The molecular weight excluding hydrogens is 396 g/mol. The van der Waals surface area contributed by atoms with Gasteiger partial charge in [0.05, 0.1) is 0 Å². The molecule has 1 aliphatic heterocycles. The Morgan fingerprint density at radius 1 is 1.21 bits per heavy atom. The van der Waals surface area contributed by atoms with Crippen molar-refractivity contribution in [3.05, 3.63) is 18.2 Å². The summed E-state index contributed by atoms with van der Waals surface area (Å²) in [6, 6.07) is 5.12. The fraction of sp³-hybridized carbons (Fsp3) is 0.632. The number of hydrogen-bond acceptors (Lipinski definition) is 7. The van der Waals surface area contributed by atoms with Crippen molar-refractivity contribution in [3.8, 4) is 0 Å². The number of pyridine rings is 1. The summed E-state index contributed by atoms with van der Waals surface area (Å²) < 4.78 is 28.9. The molecule has 9 nitrogen and oxygen atoms in total. The third-order valence-electron chi connectivity index (χ3n) is 4.78. The number of piperidine rings is 1. The number of ether oxygens (including phenoxy) is 1. The normalized spacial score (nSPS) is 16.8. The molecule has 0 radical (unpaired) electrons. The van der Waals surface area contributed by atoms with Crippen LogP contribution >= 0.6 is 0 Å². The van der Waals surface area contributed by atoms with E-state index in [-0.39, 0.29) is 31.7 Å². The molecule has 29 heavy (non-hydrogen) atoms. The van der Waals surface area contributed by atoms with Crippen LogP contribution in [0, 0.1) is 0 Å². The van der Waals surface area contributed by atoms with Crippen LogP contribution in [0.25, 0.3) is 0 Å². The molecule has 0 bridgehead atoms. The quantitative estimate of drug-likeness (QED) is 0.783. The molecule has 1 aromatic heterocycles. The molecule has 1 saturated heterocycles. The number of carbonyl (C=O) groups is 2.